The van der Waals surface area contributed by atoms with Gasteiger partial charge in [-0.25, -0.2) is 0 Å². The Morgan fingerprint density at radius 1 is 1.41 bits per heavy atom. The maximum Gasteiger partial charge on any atom is 0.234 e. The molecule has 0 aliphatic carbocycles. The molecular weight excluding hydrogens is 214 g/mol. The van der Waals surface area contributed by atoms with Crippen LogP contribution < -0.4 is 10.6 Å². The van der Waals surface area contributed by atoms with E-state index in [0.29, 0.717) is 13.0 Å². The lowest BCUT2D eigenvalue weighted by Gasteiger charge is -2.10. The van der Waals surface area contributed by atoms with Gasteiger partial charge < -0.3 is 10.6 Å². The first-order valence-electron chi connectivity index (χ1n) is 5.63. The molecule has 1 aromatic carbocycles. The van der Waals surface area contributed by atoms with Crippen LogP contribution in [0.15, 0.2) is 30.3 Å². The fourth-order valence-corrected chi connectivity index (χ4v) is 1.34. The summed E-state index contributed by atoms with van der Waals surface area (Å²) in [5.41, 5.74) is 1.07. The summed E-state index contributed by atoms with van der Waals surface area (Å²) >= 11 is 0. The smallest absolute Gasteiger partial charge is 0.234 e. The molecule has 1 aromatic rings. The van der Waals surface area contributed by atoms with Crippen molar-refractivity contribution in [1.82, 2.24) is 10.6 Å². The summed E-state index contributed by atoms with van der Waals surface area (Å²) in [5, 5.41) is 14.3. The van der Waals surface area contributed by atoms with E-state index in [1.54, 1.807) is 0 Å². The van der Waals surface area contributed by atoms with Crippen LogP contribution in [0, 0.1) is 11.3 Å². The van der Waals surface area contributed by atoms with Gasteiger partial charge in [-0.15, -0.1) is 0 Å². The third-order valence-corrected chi connectivity index (χ3v) is 2.34. The molecule has 0 fully saturated rings. The molecule has 0 saturated heterocycles. The van der Waals surface area contributed by atoms with E-state index in [1.165, 1.54) is 0 Å². The van der Waals surface area contributed by atoms with E-state index in [2.05, 4.69) is 16.7 Å². The minimum atomic E-state index is -0.0568. The predicted octanol–water partition coefficient (Wildman–Crippen LogP) is 1.19. The molecule has 0 aromatic heterocycles. The number of hydrogen-bond donors (Lipinski definition) is 2. The van der Waals surface area contributed by atoms with Gasteiger partial charge in [-0.3, -0.25) is 4.79 Å². The van der Waals surface area contributed by atoms with E-state index in [9.17, 15) is 4.79 Å². The molecule has 1 atom stereocenters. The van der Waals surface area contributed by atoms with Crippen LogP contribution in [0.25, 0.3) is 0 Å². The molecule has 1 rings (SSSR count). The molecule has 1 amide bonds. The van der Waals surface area contributed by atoms with Gasteiger partial charge in [-0.05, 0) is 12.5 Å². The van der Waals surface area contributed by atoms with Gasteiger partial charge >= 0.3 is 0 Å². The van der Waals surface area contributed by atoms with Crippen molar-refractivity contribution in [1.29, 1.82) is 5.26 Å². The van der Waals surface area contributed by atoms with E-state index >= 15 is 0 Å². The summed E-state index contributed by atoms with van der Waals surface area (Å²) in [6.45, 7) is 2.66. The normalized spacial score (nSPS) is 11.5. The van der Waals surface area contributed by atoms with E-state index < -0.39 is 0 Å². The molecule has 2 N–H and O–H groups in total. The first kappa shape index (κ1) is 13.2. The number of nitrogens with zero attached hydrogens (tertiary/aromatic N) is 1. The van der Waals surface area contributed by atoms with Crippen molar-refractivity contribution in [3.05, 3.63) is 35.9 Å². The Labute approximate surface area is 102 Å². The number of carbonyl (C=O) groups is 1. The van der Waals surface area contributed by atoms with Crippen LogP contribution in [-0.4, -0.2) is 18.5 Å². The quantitative estimate of drug-likeness (QED) is 0.773. The zero-order valence-electron chi connectivity index (χ0n) is 9.94. The Balaban J connectivity index is 2.20. The monoisotopic (exact) mass is 231 g/mol. The molecule has 4 nitrogen and oxygen atoms in total. The largest absolute Gasteiger partial charge is 0.351 e. The summed E-state index contributed by atoms with van der Waals surface area (Å²) in [5.74, 6) is -0.0568. The third kappa shape index (κ3) is 5.69. The van der Waals surface area contributed by atoms with Crippen LogP contribution in [0.5, 0.6) is 0 Å². The summed E-state index contributed by atoms with van der Waals surface area (Å²) in [6, 6.07) is 11.8. The van der Waals surface area contributed by atoms with Crippen molar-refractivity contribution in [2.75, 3.05) is 6.54 Å². The zero-order chi connectivity index (χ0) is 12.5. The lowest BCUT2D eigenvalue weighted by molar-refractivity contribution is -0.120. The molecule has 90 valence electrons. The van der Waals surface area contributed by atoms with E-state index in [-0.39, 0.29) is 18.5 Å². The van der Waals surface area contributed by atoms with Crippen LogP contribution in [0.3, 0.4) is 0 Å². The molecule has 0 aliphatic rings. The van der Waals surface area contributed by atoms with E-state index in [1.807, 2.05) is 37.3 Å². The van der Waals surface area contributed by atoms with E-state index in [0.717, 1.165) is 5.56 Å². The minimum Gasteiger partial charge on any atom is -0.351 e. The molecule has 4 heteroatoms. The number of nitriles is 1. The van der Waals surface area contributed by atoms with Crippen molar-refractivity contribution in [2.24, 2.45) is 0 Å². The number of hydrogen-bond acceptors (Lipinski definition) is 3. The maximum absolute atomic E-state index is 11.5. The predicted molar refractivity (Wildman–Crippen MR) is 66.0 cm³/mol. The lowest BCUT2D eigenvalue weighted by atomic mass is 10.2. The lowest BCUT2D eigenvalue weighted by Crippen LogP contribution is -2.37. The van der Waals surface area contributed by atoms with Crippen molar-refractivity contribution >= 4 is 5.91 Å². The first-order chi connectivity index (χ1) is 8.22. The van der Waals surface area contributed by atoms with Gasteiger partial charge in [0.1, 0.15) is 0 Å². The van der Waals surface area contributed by atoms with Crippen molar-refractivity contribution in [2.45, 2.75) is 25.9 Å². The summed E-state index contributed by atoms with van der Waals surface area (Å²) in [4.78, 5) is 11.5. The molecule has 17 heavy (non-hydrogen) atoms. The number of rotatable bonds is 6. The molecule has 0 aliphatic heterocycles. The first-order valence-corrected chi connectivity index (χ1v) is 5.63. The second-order valence-corrected chi connectivity index (χ2v) is 3.91. The number of benzene rings is 1. The SMILES string of the molecule is CC(CC#N)NCC(=O)NCc1ccccc1. The molecule has 0 spiro atoms. The third-order valence-electron chi connectivity index (χ3n) is 2.34. The van der Waals surface area contributed by atoms with E-state index in [4.69, 9.17) is 5.26 Å². The average Bonchev–Trinajstić information content (AvgIpc) is 2.35. The molecule has 0 radical (unpaired) electrons. The Kier molecular flexibility index (Phi) is 5.76. The molecule has 0 heterocycles. The molecular formula is C13H17N3O. The highest BCUT2D eigenvalue weighted by atomic mass is 16.1. The number of nitrogens with one attached hydrogen (secondary N) is 2. The van der Waals surface area contributed by atoms with Crippen molar-refractivity contribution in [3.63, 3.8) is 0 Å². The average molecular weight is 231 g/mol. The molecule has 1 unspecified atom stereocenters. The van der Waals surface area contributed by atoms with Gasteiger partial charge in [0.2, 0.25) is 5.91 Å². The van der Waals surface area contributed by atoms with Gasteiger partial charge in [0, 0.05) is 12.6 Å². The molecule has 0 bridgehead atoms. The van der Waals surface area contributed by atoms with Gasteiger partial charge in [0.25, 0.3) is 0 Å². The minimum absolute atomic E-state index is 0.0440. The second-order valence-electron chi connectivity index (χ2n) is 3.91. The van der Waals surface area contributed by atoms with Crippen LogP contribution in [0.1, 0.15) is 18.9 Å². The molecule has 0 saturated carbocycles. The Hall–Kier alpha value is -1.86. The van der Waals surface area contributed by atoms with Crippen LogP contribution in [0.4, 0.5) is 0 Å². The zero-order valence-corrected chi connectivity index (χ0v) is 9.94. The van der Waals surface area contributed by atoms with Crippen molar-refractivity contribution in [3.8, 4) is 6.07 Å². The fraction of sp³-hybridized carbons (Fsp3) is 0.385. The van der Waals surface area contributed by atoms with Crippen LogP contribution in [0.2, 0.25) is 0 Å². The number of amides is 1. The van der Waals surface area contributed by atoms with Crippen LogP contribution >= 0.6 is 0 Å². The second kappa shape index (κ2) is 7.42. The highest BCUT2D eigenvalue weighted by Gasteiger charge is 2.04. The summed E-state index contributed by atoms with van der Waals surface area (Å²) < 4.78 is 0. The van der Waals surface area contributed by atoms with Gasteiger partial charge in [0.15, 0.2) is 0 Å². The highest BCUT2D eigenvalue weighted by Crippen LogP contribution is 1.96. The fourth-order valence-electron chi connectivity index (χ4n) is 1.34. The topological polar surface area (TPSA) is 64.9 Å². The van der Waals surface area contributed by atoms with Gasteiger partial charge in [0.05, 0.1) is 19.0 Å². The maximum atomic E-state index is 11.5. The van der Waals surface area contributed by atoms with Gasteiger partial charge in [-0.1, -0.05) is 30.3 Å². The van der Waals surface area contributed by atoms with Crippen LogP contribution in [-0.2, 0) is 11.3 Å². The Morgan fingerprint density at radius 3 is 2.76 bits per heavy atom. The Morgan fingerprint density at radius 2 is 2.12 bits per heavy atom. The summed E-state index contributed by atoms with van der Waals surface area (Å²) in [6.07, 6.45) is 0.409. The Bertz CT molecular complexity index is 383. The van der Waals surface area contributed by atoms with Gasteiger partial charge in [-0.2, -0.15) is 5.26 Å². The highest BCUT2D eigenvalue weighted by molar-refractivity contribution is 5.77. The standard InChI is InChI=1S/C13H17N3O/c1-11(7-8-14)15-10-13(17)16-9-12-5-3-2-4-6-12/h2-6,11,15H,7,9-10H2,1H3,(H,16,17). The van der Waals surface area contributed by atoms with Crippen molar-refractivity contribution < 1.29 is 4.79 Å². The summed E-state index contributed by atoms with van der Waals surface area (Å²) in [7, 11) is 0. The number of carbonyl (C=O) groups excluding carboxylic acids is 1.